The van der Waals surface area contributed by atoms with Crippen molar-refractivity contribution in [2.75, 3.05) is 47.1 Å². The molecule has 1 atom stereocenters. The van der Waals surface area contributed by atoms with Crippen molar-refractivity contribution >= 4 is 5.96 Å². The first kappa shape index (κ1) is 19.3. The van der Waals surface area contributed by atoms with Gasteiger partial charge < -0.3 is 19.7 Å². The molecule has 0 saturated carbocycles. The van der Waals surface area contributed by atoms with Crippen LogP contribution >= 0.6 is 0 Å². The molecular weight excluding hydrogens is 344 g/mol. The number of ether oxygens (including phenoxy) is 2. The molecule has 0 radical (unpaired) electrons. The predicted octanol–water partition coefficient (Wildman–Crippen LogP) is 1.53. The zero-order valence-electron chi connectivity index (χ0n) is 16.0. The van der Waals surface area contributed by atoms with Gasteiger partial charge in [0.05, 0.1) is 19.8 Å². The Hall–Kier alpha value is -2.45. The molecule has 146 valence electrons. The van der Waals surface area contributed by atoms with Gasteiger partial charge in [0.1, 0.15) is 6.33 Å². The van der Waals surface area contributed by atoms with Crippen LogP contribution in [-0.4, -0.2) is 73.1 Å². The van der Waals surface area contributed by atoms with Crippen LogP contribution < -0.4 is 5.32 Å². The number of aromatic nitrogens is 3. The highest BCUT2D eigenvalue weighted by molar-refractivity contribution is 5.80. The molecule has 2 aromatic rings. The first-order valence-electron chi connectivity index (χ1n) is 9.27. The molecule has 2 heterocycles. The van der Waals surface area contributed by atoms with E-state index in [0.717, 1.165) is 43.5 Å². The van der Waals surface area contributed by atoms with Crippen molar-refractivity contribution in [1.29, 1.82) is 0 Å². The third-order valence-electron chi connectivity index (χ3n) is 4.65. The molecule has 0 amide bonds. The monoisotopic (exact) mass is 372 g/mol. The minimum Gasteiger partial charge on any atom is -0.382 e. The molecule has 1 aromatic carbocycles. The summed E-state index contributed by atoms with van der Waals surface area (Å²) in [6.45, 7) is 4.74. The molecule has 0 aliphatic carbocycles. The summed E-state index contributed by atoms with van der Waals surface area (Å²) in [4.78, 5) is 10.9. The second-order valence-corrected chi connectivity index (χ2v) is 6.60. The van der Waals surface area contributed by atoms with E-state index in [4.69, 9.17) is 9.47 Å². The number of nitrogens with one attached hydrogen (secondary N) is 2. The van der Waals surface area contributed by atoms with Crippen LogP contribution in [0.1, 0.15) is 12.0 Å². The van der Waals surface area contributed by atoms with Crippen molar-refractivity contribution in [3.8, 4) is 11.4 Å². The van der Waals surface area contributed by atoms with Crippen LogP contribution in [0.15, 0.2) is 35.6 Å². The number of hydrogen-bond donors (Lipinski definition) is 2. The van der Waals surface area contributed by atoms with Crippen LogP contribution in [0.2, 0.25) is 0 Å². The number of H-pyrrole nitrogens is 1. The Morgan fingerprint density at radius 2 is 2.33 bits per heavy atom. The molecule has 27 heavy (non-hydrogen) atoms. The molecule has 8 heteroatoms. The summed E-state index contributed by atoms with van der Waals surface area (Å²) in [6.07, 6.45) is 2.64. The molecule has 8 nitrogen and oxygen atoms in total. The average Bonchev–Trinajstić information content (AvgIpc) is 3.39. The maximum Gasteiger partial charge on any atom is 0.193 e. The molecule has 1 aliphatic rings. The summed E-state index contributed by atoms with van der Waals surface area (Å²) in [5.74, 6) is 2.24. The first-order chi connectivity index (χ1) is 13.3. The van der Waals surface area contributed by atoms with Gasteiger partial charge in [-0.05, 0) is 18.1 Å². The van der Waals surface area contributed by atoms with E-state index in [1.54, 1.807) is 7.11 Å². The number of benzene rings is 1. The van der Waals surface area contributed by atoms with Crippen molar-refractivity contribution in [3.05, 3.63) is 36.2 Å². The second-order valence-electron chi connectivity index (χ2n) is 6.60. The fourth-order valence-electron chi connectivity index (χ4n) is 3.24. The highest BCUT2D eigenvalue weighted by atomic mass is 16.5. The summed E-state index contributed by atoms with van der Waals surface area (Å²) in [6, 6.07) is 8.25. The van der Waals surface area contributed by atoms with Gasteiger partial charge >= 0.3 is 0 Å². The summed E-state index contributed by atoms with van der Waals surface area (Å²) in [5, 5.41) is 10.3. The lowest BCUT2D eigenvalue weighted by Crippen LogP contribution is -2.39. The lowest BCUT2D eigenvalue weighted by molar-refractivity contribution is 0.0536. The van der Waals surface area contributed by atoms with Gasteiger partial charge in [-0.15, -0.1) is 0 Å². The average molecular weight is 372 g/mol. The van der Waals surface area contributed by atoms with Crippen LogP contribution in [-0.2, 0) is 16.0 Å². The zero-order valence-corrected chi connectivity index (χ0v) is 16.0. The summed E-state index contributed by atoms with van der Waals surface area (Å²) < 4.78 is 10.7. The summed E-state index contributed by atoms with van der Waals surface area (Å²) in [7, 11) is 3.52. The van der Waals surface area contributed by atoms with Crippen LogP contribution in [0.5, 0.6) is 0 Å². The van der Waals surface area contributed by atoms with Crippen LogP contribution in [0.25, 0.3) is 11.4 Å². The molecule has 1 saturated heterocycles. The lowest BCUT2D eigenvalue weighted by atomic mass is 10.1. The van der Waals surface area contributed by atoms with Crippen molar-refractivity contribution < 1.29 is 9.47 Å². The van der Waals surface area contributed by atoms with Gasteiger partial charge in [-0.1, -0.05) is 18.2 Å². The third kappa shape index (κ3) is 5.51. The van der Waals surface area contributed by atoms with E-state index >= 15 is 0 Å². The lowest BCUT2D eigenvalue weighted by Gasteiger charge is -2.22. The van der Waals surface area contributed by atoms with Crippen LogP contribution in [0.4, 0.5) is 0 Å². The smallest absolute Gasteiger partial charge is 0.193 e. The van der Waals surface area contributed by atoms with Crippen molar-refractivity contribution in [2.24, 2.45) is 10.9 Å². The largest absolute Gasteiger partial charge is 0.382 e. The van der Waals surface area contributed by atoms with E-state index in [9.17, 15) is 0 Å². The maximum atomic E-state index is 5.67. The number of rotatable bonds is 8. The summed E-state index contributed by atoms with van der Waals surface area (Å²) in [5.41, 5.74) is 2.19. The number of nitrogens with zero attached hydrogens (tertiary/aromatic N) is 4. The van der Waals surface area contributed by atoms with Gasteiger partial charge in [-0.3, -0.25) is 10.1 Å². The minimum atomic E-state index is 0.537. The first-order valence-corrected chi connectivity index (χ1v) is 9.27. The highest BCUT2D eigenvalue weighted by Gasteiger charge is 2.24. The number of aliphatic imine (C=N–C) groups is 1. The quantitative estimate of drug-likeness (QED) is 0.415. The third-order valence-corrected chi connectivity index (χ3v) is 4.65. The van der Waals surface area contributed by atoms with Gasteiger partial charge in [0, 0.05) is 45.3 Å². The van der Waals surface area contributed by atoms with E-state index in [0.29, 0.717) is 25.7 Å². The molecule has 2 N–H and O–H groups in total. The Kier molecular flexibility index (Phi) is 7.18. The van der Waals surface area contributed by atoms with E-state index in [-0.39, 0.29) is 0 Å². The molecule has 1 aliphatic heterocycles. The SMILES string of the molecule is CN=C(NCc1cccc(-c2ncn[nH]2)c1)N1CCC(COCCOC)C1. The molecule has 1 aromatic heterocycles. The predicted molar refractivity (Wildman–Crippen MR) is 104 cm³/mol. The Morgan fingerprint density at radius 1 is 1.41 bits per heavy atom. The topological polar surface area (TPSA) is 87.7 Å². The molecular formula is C19H28N6O2. The van der Waals surface area contributed by atoms with Crippen molar-refractivity contribution in [3.63, 3.8) is 0 Å². The summed E-state index contributed by atoms with van der Waals surface area (Å²) >= 11 is 0. The maximum absolute atomic E-state index is 5.67. The van der Waals surface area contributed by atoms with Crippen molar-refractivity contribution in [2.45, 2.75) is 13.0 Å². The molecule has 1 unspecified atom stereocenters. The number of aromatic amines is 1. The zero-order chi connectivity index (χ0) is 18.9. The van der Waals surface area contributed by atoms with Gasteiger partial charge in [-0.2, -0.15) is 5.10 Å². The normalized spacial score (nSPS) is 17.5. The standard InChI is InChI=1S/C19H28N6O2/c1-20-19(25-7-6-16(12-25)13-27-9-8-26-2)21-11-15-4-3-5-17(10-15)18-22-14-23-24-18/h3-5,10,14,16H,6-9,11-13H2,1-2H3,(H,20,21)(H,22,23,24). The number of methoxy groups -OCH3 is 1. The van der Waals surface area contributed by atoms with E-state index < -0.39 is 0 Å². The minimum absolute atomic E-state index is 0.537. The fourth-order valence-corrected chi connectivity index (χ4v) is 3.24. The van der Waals surface area contributed by atoms with Crippen LogP contribution in [0, 0.1) is 5.92 Å². The Morgan fingerprint density at radius 3 is 3.11 bits per heavy atom. The number of guanidine groups is 1. The Balaban J connectivity index is 1.49. The van der Waals surface area contributed by atoms with E-state index in [1.807, 2.05) is 19.2 Å². The Bertz CT molecular complexity index is 719. The highest BCUT2D eigenvalue weighted by Crippen LogP contribution is 2.18. The molecule has 0 spiro atoms. The van der Waals surface area contributed by atoms with E-state index in [2.05, 4.69) is 42.5 Å². The fraction of sp³-hybridized carbons (Fsp3) is 0.526. The van der Waals surface area contributed by atoms with Crippen molar-refractivity contribution in [1.82, 2.24) is 25.4 Å². The van der Waals surface area contributed by atoms with Gasteiger partial charge in [0.2, 0.25) is 0 Å². The molecule has 0 bridgehead atoms. The van der Waals surface area contributed by atoms with Gasteiger partial charge in [0.25, 0.3) is 0 Å². The number of likely N-dealkylation sites (tertiary alicyclic amines) is 1. The second kappa shape index (κ2) is 10.0. The number of hydrogen-bond acceptors (Lipinski definition) is 5. The van der Waals surface area contributed by atoms with Gasteiger partial charge in [0.15, 0.2) is 11.8 Å². The van der Waals surface area contributed by atoms with E-state index in [1.165, 1.54) is 11.9 Å². The molecule has 1 fully saturated rings. The Labute approximate surface area is 160 Å². The van der Waals surface area contributed by atoms with Crippen LogP contribution in [0.3, 0.4) is 0 Å². The van der Waals surface area contributed by atoms with Gasteiger partial charge in [-0.25, -0.2) is 4.98 Å². The molecule has 3 rings (SSSR count).